The van der Waals surface area contributed by atoms with Crippen LogP contribution >= 0.6 is 22.9 Å². The maximum absolute atomic E-state index is 13.6. The van der Waals surface area contributed by atoms with E-state index in [1.165, 1.54) is 24.0 Å². The van der Waals surface area contributed by atoms with E-state index in [1.807, 2.05) is 4.72 Å². The van der Waals surface area contributed by atoms with Crippen LogP contribution in [0.4, 0.5) is 19.0 Å². The summed E-state index contributed by atoms with van der Waals surface area (Å²) in [7, 11) is -4.10. The largest absolute Gasteiger partial charge is 0.462 e. The second-order valence-electron chi connectivity index (χ2n) is 7.48. The topological polar surface area (TPSA) is 129 Å². The number of aromatic nitrogens is 1. The number of sulfonamides is 1. The molecule has 2 aromatic rings. The number of esters is 1. The minimum Gasteiger partial charge on any atom is -0.462 e. The number of carbonyl (C=O) groups excluding carboxylic acids is 2. The van der Waals surface area contributed by atoms with E-state index in [2.05, 4.69) is 9.72 Å². The van der Waals surface area contributed by atoms with E-state index < -0.39 is 45.3 Å². The highest BCUT2D eigenvalue weighted by Crippen LogP contribution is 2.36. The summed E-state index contributed by atoms with van der Waals surface area (Å²) in [5, 5.41) is 9.47. The molecule has 15 heteroatoms. The smallest absolute Gasteiger partial charge is 0.434 e. The standard InChI is InChI=1S/C20H18ClF3N4O5S2/c1-2-33-19(30)13-8-12(9-25)18(26-17(13)20(22,23)24)28-6-5-11(10-28)7-15(29)27-35(31,32)16-4-3-14(21)34-16/h3-4,8,11H,2,5-7,10H2,1H3,(H,27,29). The Balaban J connectivity index is 1.78. The number of rotatable bonds is 7. The van der Waals surface area contributed by atoms with E-state index in [-0.39, 0.29) is 46.0 Å². The van der Waals surface area contributed by atoms with Crippen molar-refractivity contribution in [2.45, 2.75) is 30.2 Å². The zero-order valence-electron chi connectivity index (χ0n) is 18.1. The average molecular weight is 551 g/mol. The van der Waals surface area contributed by atoms with Crippen molar-refractivity contribution < 1.29 is 35.9 Å². The van der Waals surface area contributed by atoms with Crippen molar-refractivity contribution in [1.29, 1.82) is 5.26 Å². The van der Waals surface area contributed by atoms with Gasteiger partial charge in [0.05, 0.1) is 22.1 Å². The van der Waals surface area contributed by atoms with Crippen molar-refractivity contribution in [1.82, 2.24) is 9.71 Å². The van der Waals surface area contributed by atoms with Crippen molar-refractivity contribution in [3.63, 3.8) is 0 Å². The molecule has 0 bridgehead atoms. The first-order chi connectivity index (χ1) is 16.4. The summed E-state index contributed by atoms with van der Waals surface area (Å²) in [5.74, 6) is -2.73. The minimum absolute atomic E-state index is 0.0516. The fourth-order valence-corrected chi connectivity index (χ4v) is 6.02. The van der Waals surface area contributed by atoms with E-state index in [9.17, 15) is 36.4 Å². The van der Waals surface area contributed by atoms with E-state index in [1.54, 1.807) is 6.07 Å². The number of nitrogens with zero attached hydrogens (tertiary/aromatic N) is 3. The van der Waals surface area contributed by atoms with Gasteiger partial charge in [0.2, 0.25) is 5.91 Å². The average Bonchev–Trinajstić information content (AvgIpc) is 3.41. The maximum atomic E-state index is 13.6. The SMILES string of the molecule is CCOC(=O)c1cc(C#N)c(N2CCC(CC(=O)NS(=O)(=O)c3ccc(Cl)s3)C2)nc1C(F)(F)F. The number of alkyl halides is 3. The zero-order chi connectivity index (χ0) is 26.0. The molecule has 1 saturated heterocycles. The van der Waals surface area contributed by atoms with E-state index in [0.29, 0.717) is 6.42 Å². The highest BCUT2D eigenvalue weighted by Gasteiger charge is 2.40. The van der Waals surface area contributed by atoms with Gasteiger partial charge in [-0.15, -0.1) is 11.3 Å². The van der Waals surface area contributed by atoms with Crippen molar-refractivity contribution >= 4 is 50.7 Å². The lowest BCUT2D eigenvalue weighted by Gasteiger charge is -2.21. The van der Waals surface area contributed by atoms with Crippen LogP contribution in [0.5, 0.6) is 0 Å². The Morgan fingerprint density at radius 2 is 2.11 bits per heavy atom. The molecule has 35 heavy (non-hydrogen) atoms. The first-order valence-electron chi connectivity index (χ1n) is 10.1. The third-order valence-electron chi connectivity index (χ3n) is 5.01. The Morgan fingerprint density at radius 1 is 1.40 bits per heavy atom. The Morgan fingerprint density at radius 3 is 2.69 bits per heavy atom. The molecule has 2 aromatic heterocycles. The van der Waals surface area contributed by atoms with Crippen LogP contribution in [-0.2, 0) is 25.7 Å². The molecule has 1 aliphatic rings. The van der Waals surface area contributed by atoms with Crippen molar-refractivity contribution in [2.75, 3.05) is 24.6 Å². The molecule has 1 atom stereocenters. The van der Waals surface area contributed by atoms with Crippen LogP contribution in [0, 0.1) is 17.2 Å². The number of anilines is 1. The van der Waals surface area contributed by atoms with E-state index in [0.717, 1.165) is 17.4 Å². The first-order valence-corrected chi connectivity index (χ1v) is 12.8. The van der Waals surface area contributed by atoms with Gasteiger partial charge in [0.15, 0.2) is 5.69 Å². The molecular formula is C20H18ClF3N4O5S2. The Labute approximate surface area is 207 Å². The second kappa shape index (κ2) is 10.4. The summed E-state index contributed by atoms with van der Waals surface area (Å²) in [6, 6.07) is 5.18. The number of pyridine rings is 1. The Hall–Kier alpha value is -2.89. The number of nitrogens with one attached hydrogen (secondary N) is 1. The summed E-state index contributed by atoms with van der Waals surface area (Å²) in [5.41, 5.74) is -2.61. The number of hydrogen-bond acceptors (Lipinski definition) is 9. The Kier molecular flexibility index (Phi) is 7.93. The van der Waals surface area contributed by atoms with Gasteiger partial charge in [0.25, 0.3) is 10.0 Å². The first kappa shape index (κ1) is 26.7. The van der Waals surface area contributed by atoms with Crippen LogP contribution in [0.1, 0.15) is 41.4 Å². The number of hydrogen-bond donors (Lipinski definition) is 1. The Bertz CT molecular complexity index is 1290. The molecule has 1 amide bonds. The van der Waals surface area contributed by atoms with E-state index in [4.69, 9.17) is 11.6 Å². The van der Waals surface area contributed by atoms with Crippen molar-refractivity contribution in [3.05, 3.63) is 39.4 Å². The lowest BCUT2D eigenvalue weighted by Crippen LogP contribution is -2.32. The van der Waals surface area contributed by atoms with Gasteiger partial charge in [-0.25, -0.2) is 22.9 Å². The molecule has 0 radical (unpaired) electrons. The summed E-state index contributed by atoms with van der Waals surface area (Å²) >= 11 is 6.51. The van der Waals surface area contributed by atoms with Crippen molar-refractivity contribution in [2.24, 2.45) is 5.92 Å². The van der Waals surface area contributed by atoms with Gasteiger partial charge in [0.1, 0.15) is 16.1 Å². The van der Waals surface area contributed by atoms with Gasteiger partial charge in [-0.2, -0.15) is 18.4 Å². The highest BCUT2D eigenvalue weighted by atomic mass is 35.5. The highest BCUT2D eigenvalue weighted by molar-refractivity contribution is 7.92. The molecule has 188 valence electrons. The van der Waals surface area contributed by atoms with Crippen LogP contribution in [0.25, 0.3) is 0 Å². The fourth-order valence-electron chi connectivity index (χ4n) is 3.55. The summed E-state index contributed by atoms with van der Waals surface area (Å²) in [6.45, 7) is 1.49. The number of nitriles is 1. The van der Waals surface area contributed by atoms with Gasteiger partial charge in [0, 0.05) is 19.5 Å². The van der Waals surface area contributed by atoms with Crippen LogP contribution in [0.3, 0.4) is 0 Å². The van der Waals surface area contributed by atoms with Gasteiger partial charge in [-0.3, -0.25) is 4.79 Å². The molecule has 0 aromatic carbocycles. The minimum atomic E-state index is -4.98. The summed E-state index contributed by atoms with van der Waals surface area (Å²) < 4.78 is 72.1. The molecule has 1 unspecified atom stereocenters. The fraction of sp³-hybridized carbons (Fsp3) is 0.400. The molecule has 9 nitrogen and oxygen atoms in total. The summed E-state index contributed by atoms with van der Waals surface area (Å²) in [4.78, 5) is 29.3. The molecule has 3 heterocycles. The maximum Gasteiger partial charge on any atom is 0.434 e. The molecule has 1 fully saturated rings. The third kappa shape index (κ3) is 6.22. The third-order valence-corrected chi connectivity index (χ3v) is 8.10. The number of amides is 1. The van der Waals surface area contributed by atoms with Gasteiger partial charge >= 0.3 is 12.1 Å². The summed E-state index contributed by atoms with van der Waals surface area (Å²) in [6.07, 6.45) is -4.86. The van der Waals surface area contributed by atoms with Crippen LogP contribution in [-0.4, -0.2) is 45.0 Å². The normalized spacial score (nSPS) is 16.1. The molecule has 3 rings (SSSR count). The van der Waals surface area contributed by atoms with Gasteiger partial charge in [-0.1, -0.05) is 11.6 Å². The van der Waals surface area contributed by atoms with Crippen LogP contribution < -0.4 is 9.62 Å². The van der Waals surface area contributed by atoms with E-state index >= 15 is 0 Å². The van der Waals surface area contributed by atoms with Gasteiger partial charge in [-0.05, 0) is 37.5 Å². The molecule has 0 spiro atoms. The molecule has 0 saturated carbocycles. The zero-order valence-corrected chi connectivity index (χ0v) is 20.4. The monoisotopic (exact) mass is 550 g/mol. The van der Waals surface area contributed by atoms with Crippen molar-refractivity contribution in [3.8, 4) is 6.07 Å². The molecule has 1 N–H and O–H groups in total. The predicted octanol–water partition coefficient (Wildman–Crippen LogP) is 3.59. The molecule has 1 aliphatic heterocycles. The molecule has 0 aliphatic carbocycles. The van der Waals surface area contributed by atoms with Gasteiger partial charge < -0.3 is 9.64 Å². The molecular weight excluding hydrogens is 533 g/mol. The lowest BCUT2D eigenvalue weighted by molar-refractivity contribution is -0.141. The number of halogens is 4. The quantitative estimate of drug-likeness (QED) is 0.518. The lowest BCUT2D eigenvalue weighted by atomic mass is 10.1. The number of ether oxygens (including phenoxy) is 1. The second-order valence-corrected chi connectivity index (χ2v) is 11.1. The number of carbonyl (C=O) groups is 2. The van der Waals surface area contributed by atoms with Crippen LogP contribution in [0.15, 0.2) is 22.4 Å². The van der Waals surface area contributed by atoms with Crippen LogP contribution in [0.2, 0.25) is 4.34 Å². The number of thiophene rings is 1. The predicted molar refractivity (Wildman–Crippen MR) is 120 cm³/mol.